The van der Waals surface area contributed by atoms with Gasteiger partial charge in [-0.2, -0.15) is 0 Å². The molecular formula is C22H28Cl2N6O5S2. The number of carbonyl (C=O) groups is 4. The van der Waals surface area contributed by atoms with Crippen LogP contribution in [0.2, 0.25) is 4.34 Å². The van der Waals surface area contributed by atoms with Crippen LogP contribution in [0.4, 0.5) is 5.00 Å². The molecule has 3 N–H and O–H groups in total. The summed E-state index contributed by atoms with van der Waals surface area (Å²) in [4.78, 5) is 59.9. The average molecular weight is 592 g/mol. The molecule has 0 aromatic carbocycles. The maximum Gasteiger partial charge on any atom is 0.314 e. The second kappa shape index (κ2) is 13.0. The van der Waals surface area contributed by atoms with E-state index in [1.54, 1.807) is 17.0 Å². The summed E-state index contributed by atoms with van der Waals surface area (Å²) in [5, 5.41) is 8.94. The molecule has 2 aromatic heterocycles. The van der Waals surface area contributed by atoms with Crippen molar-refractivity contribution in [3.63, 3.8) is 0 Å². The molecule has 2 aromatic rings. The van der Waals surface area contributed by atoms with Gasteiger partial charge < -0.3 is 30.5 Å². The quantitative estimate of drug-likeness (QED) is 0.433. The van der Waals surface area contributed by atoms with Gasteiger partial charge in [0, 0.05) is 44.6 Å². The van der Waals surface area contributed by atoms with E-state index in [1.165, 1.54) is 18.4 Å². The van der Waals surface area contributed by atoms with E-state index in [4.69, 9.17) is 16.3 Å². The van der Waals surface area contributed by atoms with Crippen molar-refractivity contribution in [3.8, 4) is 0 Å². The number of nitrogens with one attached hydrogen (secondary N) is 3. The molecule has 0 spiro atoms. The van der Waals surface area contributed by atoms with Crippen LogP contribution in [0, 0.1) is 0 Å². The molecule has 37 heavy (non-hydrogen) atoms. The highest BCUT2D eigenvalue weighted by Gasteiger charge is 2.35. The molecule has 0 radical (unpaired) electrons. The van der Waals surface area contributed by atoms with Crippen molar-refractivity contribution in [3.05, 3.63) is 32.0 Å². The number of likely N-dealkylation sites (tertiary alicyclic amines) is 1. The normalized spacial score (nSPS) is 19.4. The second-order valence-corrected chi connectivity index (χ2v) is 11.5. The van der Waals surface area contributed by atoms with Gasteiger partial charge in [0.15, 0.2) is 5.01 Å². The minimum Gasteiger partial charge on any atom is -0.375 e. The van der Waals surface area contributed by atoms with E-state index in [9.17, 15) is 19.2 Å². The van der Waals surface area contributed by atoms with E-state index in [0.717, 1.165) is 41.4 Å². The summed E-state index contributed by atoms with van der Waals surface area (Å²) in [5.41, 5.74) is 0.930. The Hall–Kier alpha value is -2.29. The summed E-state index contributed by atoms with van der Waals surface area (Å²) in [6.07, 6.45) is 1.13. The summed E-state index contributed by atoms with van der Waals surface area (Å²) in [7, 11) is 3.46. The van der Waals surface area contributed by atoms with E-state index >= 15 is 0 Å². The van der Waals surface area contributed by atoms with Crippen LogP contribution in [0.1, 0.15) is 26.8 Å². The molecule has 1 fully saturated rings. The van der Waals surface area contributed by atoms with Crippen LogP contribution in [0.15, 0.2) is 12.1 Å². The molecule has 2 aliphatic heterocycles. The lowest BCUT2D eigenvalue weighted by Crippen LogP contribution is -2.62. The van der Waals surface area contributed by atoms with E-state index in [0.29, 0.717) is 27.3 Å². The molecule has 11 nitrogen and oxygen atoms in total. The van der Waals surface area contributed by atoms with Gasteiger partial charge in [-0.3, -0.25) is 19.2 Å². The van der Waals surface area contributed by atoms with Gasteiger partial charge in [-0.05, 0) is 25.6 Å². The lowest BCUT2D eigenvalue weighted by Gasteiger charge is -2.38. The van der Waals surface area contributed by atoms with Gasteiger partial charge in [-0.25, -0.2) is 4.98 Å². The smallest absolute Gasteiger partial charge is 0.314 e. The van der Waals surface area contributed by atoms with Gasteiger partial charge in [0.25, 0.3) is 5.91 Å². The van der Waals surface area contributed by atoms with Crippen LogP contribution in [-0.4, -0.2) is 90.9 Å². The van der Waals surface area contributed by atoms with Gasteiger partial charge >= 0.3 is 11.8 Å². The molecular weight excluding hydrogens is 563 g/mol. The Morgan fingerprint density at radius 2 is 1.92 bits per heavy atom. The van der Waals surface area contributed by atoms with Crippen molar-refractivity contribution in [2.75, 3.05) is 45.7 Å². The van der Waals surface area contributed by atoms with Crippen molar-refractivity contribution in [1.29, 1.82) is 0 Å². The fraction of sp³-hybridized carbons (Fsp3) is 0.500. The molecule has 4 amide bonds. The average Bonchev–Trinajstić information content (AvgIpc) is 3.45. The van der Waals surface area contributed by atoms with E-state index in [-0.39, 0.29) is 37.4 Å². The molecule has 1 saturated heterocycles. The molecule has 4 heterocycles. The van der Waals surface area contributed by atoms with Crippen molar-refractivity contribution in [2.24, 2.45) is 0 Å². The predicted octanol–water partition coefficient (Wildman–Crippen LogP) is 1.37. The number of rotatable bonds is 6. The topological polar surface area (TPSA) is 133 Å². The summed E-state index contributed by atoms with van der Waals surface area (Å²) in [5.74, 6) is -2.27. The van der Waals surface area contributed by atoms with Gasteiger partial charge in [0.1, 0.15) is 6.61 Å². The Bertz CT molecular complexity index is 1160. The van der Waals surface area contributed by atoms with Crippen LogP contribution >= 0.6 is 46.7 Å². The van der Waals surface area contributed by atoms with Crippen molar-refractivity contribution in [2.45, 2.75) is 31.5 Å². The highest BCUT2D eigenvalue weighted by atomic mass is 35.5. The summed E-state index contributed by atoms with van der Waals surface area (Å²) in [6.45, 7) is 2.04. The standard InChI is InChI=1S/C22H27ClN6O5S2.ClH/c1-28-7-5-13-15(10-28)35-22(26-13)21(33)25-14-9-29(18(30)11-34-2)8-6-12(14)24-19(31)20(32)27-17-4-3-16(23)36-17;/h3-4,12,14H,5-11H2,1-2H3,(H,24,31)(H,25,33)(H,27,32);1H/t12-,14+;/m0./s1. The lowest BCUT2D eigenvalue weighted by molar-refractivity contribution is -0.138. The van der Waals surface area contributed by atoms with E-state index < -0.39 is 23.9 Å². The number of likely N-dealkylation sites (N-methyl/N-ethyl adjacent to an activating group) is 1. The highest BCUT2D eigenvalue weighted by molar-refractivity contribution is 7.20. The van der Waals surface area contributed by atoms with Crippen LogP contribution < -0.4 is 16.0 Å². The first-order chi connectivity index (χ1) is 17.2. The van der Waals surface area contributed by atoms with E-state index in [2.05, 4.69) is 25.8 Å². The third kappa shape index (κ3) is 7.39. The Kier molecular flexibility index (Phi) is 10.3. The predicted molar refractivity (Wildman–Crippen MR) is 144 cm³/mol. The molecule has 2 atom stereocenters. The molecule has 0 unspecified atom stereocenters. The zero-order chi connectivity index (χ0) is 25.8. The van der Waals surface area contributed by atoms with E-state index in [1.807, 2.05) is 7.05 Å². The SMILES string of the molecule is COCC(=O)N1CC[C@H](NC(=O)C(=O)Nc2ccc(Cl)s2)[C@H](NC(=O)c2nc3c(s2)CN(C)CC3)C1.Cl. The van der Waals surface area contributed by atoms with Crippen LogP contribution in [0.25, 0.3) is 0 Å². The fourth-order valence-electron chi connectivity index (χ4n) is 4.15. The number of ether oxygens (including phenoxy) is 1. The maximum absolute atomic E-state index is 13.1. The molecule has 0 bridgehead atoms. The largest absolute Gasteiger partial charge is 0.375 e. The molecule has 15 heteroatoms. The maximum atomic E-state index is 13.1. The number of hydrogen-bond acceptors (Lipinski definition) is 9. The third-order valence-electron chi connectivity index (χ3n) is 6.00. The number of methoxy groups -OCH3 is 1. The van der Waals surface area contributed by atoms with Crippen LogP contribution in [0.5, 0.6) is 0 Å². The fourth-order valence-corrected chi connectivity index (χ4v) is 6.18. The number of amides is 4. The van der Waals surface area contributed by atoms with Gasteiger partial charge in [0.2, 0.25) is 5.91 Å². The molecule has 4 rings (SSSR count). The summed E-state index contributed by atoms with van der Waals surface area (Å²) in [6, 6.07) is 2.04. The zero-order valence-corrected chi connectivity index (χ0v) is 23.5. The Balaban J connectivity index is 0.00000380. The zero-order valence-electron chi connectivity index (χ0n) is 20.2. The number of hydrogen-bond donors (Lipinski definition) is 3. The van der Waals surface area contributed by atoms with Crippen LogP contribution in [0.3, 0.4) is 0 Å². The Morgan fingerprint density at radius 1 is 1.14 bits per heavy atom. The van der Waals surface area contributed by atoms with Crippen molar-refractivity contribution in [1.82, 2.24) is 25.4 Å². The number of aromatic nitrogens is 1. The minimum atomic E-state index is -0.840. The van der Waals surface area contributed by atoms with Gasteiger partial charge in [-0.1, -0.05) is 11.6 Å². The van der Waals surface area contributed by atoms with Gasteiger partial charge in [0.05, 0.1) is 27.1 Å². The molecule has 0 aliphatic carbocycles. The molecule has 0 saturated carbocycles. The van der Waals surface area contributed by atoms with Crippen molar-refractivity contribution >= 4 is 75.3 Å². The number of thiazole rings is 1. The first-order valence-electron chi connectivity index (χ1n) is 11.4. The monoisotopic (exact) mass is 590 g/mol. The number of anilines is 1. The third-order valence-corrected chi connectivity index (χ3v) is 8.23. The minimum absolute atomic E-state index is 0. The number of fused-ring (bicyclic) bond motifs is 1. The number of halogens is 2. The highest BCUT2D eigenvalue weighted by Crippen LogP contribution is 2.26. The number of carbonyl (C=O) groups excluding carboxylic acids is 4. The number of piperidine rings is 1. The Labute approximate surface area is 233 Å². The number of thiophene rings is 1. The summed E-state index contributed by atoms with van der Waals surface area (Å²) >= 11 is 8.36. The first kappa shape index (κ1) is 29.3. The van der Waals surface area contributed by atoms with Crippen molar-refractivity contribution < 1.29 is 23.9 Å². The van der Waals surface area contributed by atoms with Crippen LogP contribution in [-0.2, 0) is 32.1 Å². The molecule has 202 valence electrons. The lowest BCUT2D eigenvalue weighted by atomic mass is 9.98. The summed E-state index contributed by atoms with van der Waals surface area (Å²) < 4.78 is 5.44. The second-order valence-electron chi connectivity index (χ2n) is 8.66. The first-order valence-corrected chi connectivity index (χ1v) is 13.4. The molecule has 2 aliphatic rings. The van der Waals surface area contributed by atoms with Gasteiger partial charge in [-0.15, -0.1) is 35.1 Å². The Morgan fingerprint density at radius 3 is 2.62 bits per heavy atom. The number of nitrogens with zero attached hydrogens (tertiary/aromatic N) is 3.